The van der Waals surface area contributed by atoms with Crippen LogP contribution in [0.1, 0.15) is 21.7 Å². The highest BCUT2D eigenvalue weighted by molar-refractivity contribution is 6.31. The molecular weight excluding hydrogens is 262 g/mol. The van der Waals surface area contributed by atoms with Gasteiger partial charge in [0.15, 0.2) is 0 Å². The number of aryl methyl sites for hydroxylation is 1. The average Bonchev–Trinajstić information content (AvgIpc) is 2.36. The molecular formula is C14H14ClN3O. The summed E-state index contributed by atoms with van der Waals surface area (Å²) in [7, 11) is 0. The molecule has 0 saturated heterocycles. The maximum Gasteiger partial charge on any atom is 0.253 e. The van der Waals surface area contributed by atoms with Crippen LogP contribution in [0.3, 0.4) is 0 Å². The molecule has 1 heterocycles. The van der Waals surface area contributed by atoms with E-state index in [0.717, 1.165) is 11.4 Å². The molecule has 19 heavy (non-hydrogen) atoms. The van der Waals surface area contributed by atoms with E-state index >= 15 is 0 Å². The second-order valence-electron chi connectivity index (χ2n) is 4.18. The molecule has 0 aliphatic rings. The van der Waals surface area contributed by atoms with Crippen LogP contribution in [0.5, 0.6) is 0 Å². The van der Waals surface area contributed by atoms with E-state index < -0.39 is 0 Å². The van der Waals surface area contributed by atoms with Crippen molar-refractivity contribution in [2.45, 2.75) is 13.5 Å². The Morgan fingerprint density at radius 1 is 1.37 bits per heavy atom. The maximum atomic E-state index is 12.0. The number of amides is 1. The minimum Gasteiger partial charge on any atom is -0.398 e. The zero-order chi connectivity index (χ0) is 13.8. The number of anilines is 1. The first-order valence-corrected chi connectivity index (χ1v) is 6.20. The van der Waals surface area contributed by atoms with Crippen molar-refractivity contribution < 1.29 is 4.79 Å². The van der Waals surface area contributed by atoms with Gasteiger partial charge in [-0.15, -0.1) is 0 Å². The molecule has 1 aromatic carbocycles. The molecule has 0 bridgehead atoms. The highest BCUT2D eigenvalue weighted by Crippen LogP contribution is 2.17. The van der Waals surface area contributed by atoms with Crippen molar-refractivity contribution >= 4 is 23.2 Å². The third kappa shape index (κ3) is 3.45. The molecule has 5 heteroatoms. The van der Waals surface area contributed by atoms with Crippen LogP contribution >= 0.6 is 11.6 Å². The Morgan fingerprint density at radius 3 is 2.84 bits per heavy atom. The number of nitrogen functional groups attached to an aromatic ring is 1. The van der Waals surface area contributed by atoms with Gasteiger partial charge >= 0.3 is 0 Å². The summed E-state index contributed by atoms with van der Waals surface area (Å²) in [5.74, 6) is -0.238. The molecule has 2 aromatic rings. The molecule has 0 fully saturated rings. The summed E-state index contributed by atoms with van der Waals surface area (Å²) in [4.78, 5) is 16.3. The van der Waals surface area contributed by atoms with E-state index in [1.165, 1.54) is 0 Å². The number of halogens is 1. The van der Waals surface area contributed by atoms with Crippen molar-refractivity contribution in [2.24, 2.45) is 0 Å². The van der Waals surface area contributed by atoms with E-state index in [9.17, 15) is 4.79 Å². The van der Waals surface area contributed by atoms with E-state index in [0.29, 0.717) is 22.8 Å². The maximum absolute atomic E-state index is 12.0. The summed E-state index contributed by atoms with van der Waals surface area (Å²) in [6.07, 6.45) is 0. The molecule has 0 spiro atoms. The second-order valence-corrected chi connectivity index (χ2v) is 4.62. The minimum atomic E-state index is -0.238. The lowest BCUT2D eigenvalue weighted by atomic mass is 10.1. The van der Waals surface area contributed by atoms with Gasteiger partial charge in [-0.1, -0.05) is 17.7 Å². The number of hydrogen-bond acceptors (Lipinski definition) is 3. The molecule has 0 saturated carbocycles. The fourth-order valence-electron chi connectivity index (χ4n) is 1.70. The van der Waals surface area contributed by atoms with Crippen molar-refractivity contribution in [3.05, 3.63) is 58.4 Å². The van der Waals surface area contributed by atoms with Gasteiger partial charge in [-0.3, -0.25) is 9.78 Å². The SMILES string of the molecule is Cc1cccc(CNC(=O)c2ccc(Cl)cc2N)n1. The lowest BCUT2D eigenvalue weighted by molar-refractivity contribution is 0.0951. The number of carbonyl (C=O) groups is 1. The zero-order valence-electron chi connectivity index (χ0n) is 10.5. The van der Waals surface area contributed by atoms with Gasteiger partial charge in [0.2, 0.25) is 0 Å². The van der Waals surface area contributed by atoms with Crippen molar-refractivity contribution in [2.75, 3.05) is 5.73 Å². The van der Waals surface area contributed by atoms with E-state index in [-0.39, 0.29) is 5.91 Å². The van der Waals surface area contributed by atoms with Crippen LogP contribution in [0.15, 0.2) is 36.4 Å². The van der Waals surface area contributed by atoms with E-state index in [1.54, 1.807) is 18.2 Å². The Hall–Kier alpha value is -2.07. The average molecular weight is 276 g/mol. The number of nitrogens with two attached hydrogens (primary N) is 1. The molecule has 4 nitrogen and oxygen atoms in total. The highest BCUT2D eigenvalue weighted by atomic mass is 35.5. The summed E-state index contributed by atoms with van der Waals surface area (Å²) in [6, 6.07) is 10.5. The number of nitrogens with one attached hydrogen (secondary N) is 1. The van der Waals surface area contributed by atoms with Gasteiger partial charge in [0.05, 0.1) is 17.8 Å². The summed E-state index contributed by atoms with van der Waals surface area (Å²) in [5.41, 5.74) is 8.25. The molecule has 0 unspecified atom stereocenters. The summed E-state index contributed by atoms with van der Waals surface area (Å²) < 4.78 is 0. The van der Waals surface area contributed by atoms with Gasteiger partial charge in [0.25, 0.3) is 5.91 Å². The van der Waals surface area contributed by atoms with Crippen LogP contribution < -0.4 is 11.1 Å². The lowest BCUT2D eigenvalue weighted by Crippen LogP contribution is -2.24. The second kappa shape index (κ2) is 5.71. The molecule has 0 aliphatic heterocycles. The number of rotatable bonds is 3. The van der Waals surface area contributed by atoms with Gasteiger partial charge < -0.3 is 11.1 Å². The van der Waals surface area contributed by atoms with Crippen molar-refractivity contribution in [1.82, 2.24) is 10.3 Å². The molecule has 2 rings (SSSR count). The molecule has 1 amide bonds. The van der Waals surface area contributed by atoms with E-state index in [1.807, 2.05) is 25.1 Å². The van der Waals surface area contributed by atoms with Crippen LogP contribution in [0.2, 0.25) is 5.02 Å². The number of carbonyl (C=O) groups excluding carboxylic acids is 1. The first kappa shape index (κ1) is 13.4. The Balaban J connectivity index is 2.05. The number of hydrogen-bond donors (Lipinski definition) is 2. The largest absolute Gasteiger partial charge is 0.398 e. The number of aromatic nitrogens is 1. The molecule has 1 aromatic heterocycles. The Morgan fingerprint density at radius 2 is 2.16 bits per heavy atom. The smallest absolute Gasteiger partial charge is 0.253 e. The summed E-state index contributed by atoms with van der Waals surface area (Å²) >= 11 is 5.79. The van der Waals surface area contributed by atoms with Crippen molar-refractivity contribution in [3.8, 4) is 0 Å². The molecule has 0 radical (unpaired) electrons. The Bertz CT molecular complexity index is 613. The highest BCUT2D eigenvalue weighted by Gasteiger charge is 2.09. The first-order chi connectivity index (χ1) is 9.06. The number of pyridine rings is 1. The van der Waals surface area contributed by atoms with E-state index in [2.05, 4.69) is 10.3 Å². The van der Waals surface area contributed by atoms with Gasteiger partial charge in [0.1, 0.15) is 0 Å². The van der Waals surface area contributed by atoms with Crippen LogP contribution in [-0.4, -0.2) is 10.9 Å². The van der Waals surface area contributed by atoms with Crippen LogP contribution in [-0.2, 0) is 6.54 Å². The predicted molar refractivity (Wildman–Crippen MR) is 76.0 cm³/mol. The normalized spacial score (nSPS) is 10.2. The standard InChI is InChI=1S/C14H14ClN3O/c1-9-3-2-4-11(18-9)8-17-14(19)12-6-5-10(15)7-13(12)16/h2-7H,8,16H2,1H3,(H,17,19). The van der Waals surface area contributed by atoms with Gasteiger partial charge in [-0.05, 0) is 37.3 Å². The van der Waals surface area contributed by atoms with Crippen molar-refractivity contribution in [1.29, 1.82) is 0 Å². The number of benzene rings is 1. The fraction of sp³-hybridized carbons (Fsp3) is 0.143. The van der Waals surface area contributed by atoms with Gasteiger partial charge in [-0.25, -0.2) is 0 Å². The van der Waals surface area contributed by atoms with Gasteiger partial charge in [-0.2, -0.15) is 0 Å². The van der Waals surface area contributed by atoms with E-state index in [4.69, 9.17) is 17.3 Å². The quantitative estimate of drug-likeness (QED) is 0.846. The van der Waals surface area contributed by atoms with Crippen LogP contribution in [0.25, 0.3) is 0 Å². The zero-order valence-corrected chi connectivity index (χ0v) is 11.2. The summed E-state index contributed by atoms with van der Waals surface area (Å²) in [6.45, 7) is 2.27. The Labute approximate surface area is 116 Å². The molecule has 3 N–H and O–H groups in total. The predicted octanol–water partition coefficient (Wildman–Crippen LogP) is 2.56. The summed E-state index contributed by atoms with van der Waals surface area (Å²) in [5, 5.41) is 3.29. The Kier molecular flexibility index (Phi) is 4.02. The molecule has 0 atom stereocenters. The third-order valence-electron chi connectivity index (χ3n) is 2.63. The third-order valence-corrected chi connectivity index (χ3v) is 2.87. The van der Waals surface area contributed by atoms with Crippen LogP contribution in [0.4, 0.5) is 5.69 Å². The van der Waals surface area contributed by atoms with Gasteiger partial charge in [0, 0.05) is 16.4 Å². The van der Waals surface area contributed by atoms with Crippen molar-refractivity contribution in [3.63, 3.8) is 0 Å². The molecule has 0 aliphatic carbocycles. The first-order valence-electron chi connectivity index (χ1n) is 5.82. The van der Waals surface area contributed by atoms with Crippen LogP contribution in [0, 0.1) is 6.92 Å². The monoisotopic (exact) mass is 275 g/mol. The fourth-order valence-corrected chi connectivity index (χ4v) is 1.88. The lowest BCUT2D eigenvalue weighted by Gasteiger charge is -2.08. The topological polar surface area (TPSA) is 68.0 Å². The minimum absolute atomic E-state index is 0.238. The number of nitrogens with zero attached hydrogens (tertiary/aromatic N) is 1. The molecule has 98 valence electrons.